The molecule has 0 aromatic carbocycles. The molecule has 0 radical (unpaired) electrons. The minimum Gasteiger partial charge on any atom is -0.465 e. The van der Waals surface area contributed by atoms with Crippen LogP contribution in [0.3, 0.4) is 0 Å². The molecule has 39 heavy (non-hydrogen) atoms. The first-order valence-corrected chi connectivity index (χ1v) is 14.6. The molecule has 0 spiro atoms. The molecule has 0 aliphatic rings. The third kappa shape index (κ3) is 23.4. The topological polar surface area (TPSA) is 124 Å². The number of nitrogens with one attached hydrogen (secondary N) is 1. The predicted octanol–water partition coefficient (Wildman–Crippen LogP) is 2.55. The lowest BCUT2D eigenvalue weighted by Crippen LogP contribution is -2.43. The van der Waals surface area contributed by atoms with Gasteiger partial charge in [-0.05, 0) is 25.7 Å². The first-order valence-electron chi connectivity index (χ1n) is 14.6. The Balaban J connectivity index is 4.77. The second kappa shape index (κ2) is 26.0. The molecular weight excluding hydrogens is 506 g/mol. The number of hydrogen-bond donors (Lipinski definition) is 1. The largest absolute Gasteiger partial charge is 0.465 e. The summed E-state index contributed by atoms with van der Waals surface area (Å²) in [5.41, 5.74) is 0. The molecule has 0 aromatic heterocycles. The lowest BCUT2D eigenvalue weighted by atomic mass is 10.3. The Morgan fingerprint density at radius 3 is 0.974 bits per heavy atom. The van der Waals surface area contributed by atoms with Gasteiger partial charge in [-0.1, -0.05) is 53.4 Å². The fourth-order valence-electron chi connectivity index (χ4n) is 3.26. The lowest BCUT2D eigenvalue weighted by Gasteiger charge is -2.22. The van der Waals surface area contributed by atoms with E-state index in [1.54, 1.807) is 9.80 Å². The number of ether oxygens (including phenoxy) is 4. The van der Waals surface area contributed by atoms with Crippen molar-refractivity contribution < 1.29 is 38.1 Å². The summed E-state index contributed by atoms with van der Waals surface area (Å²) in [5.74, 6) is -1.50. The monoisotopic (exact) mass is 559 g/mol. The summed E-state index contributed by atoms with van der Waals surface area (Å²) >= 11 is 0. The Labute approximate surface area is 235 Å². The Morgan fingerprint density at radius 2 is 0.744 bits per heavy atom. The summed E-state index contributed by atoms with van der Waals surface area (Å²) in [6.07, 6.45) is 6.87. The molecule has 0 aliphatic carbocycles. The Hall–Kier alpha value is -2.24. The third-order valence-corrected chi connectivity index (χ3v) is 5.66. The molecule has 0 rings (SSSR count). The molecule has 0 saturated carbocycles. The van der Waals surface area contributed by atoms with Crippen molar-refractivity contribution in [2.24, 2.45) is 0 Å². The molecule has 11 heteroatoms. The highest BCUT2D eigenvalue weighted by Gasteiger charge is 2.18. The van der Waals surface area contributed by atoms with Crippen molar-refractivity contribution in [2.75, 3.05) is 78.8 Å². The van der Waals surface area contributed by atoms with Gasteiger partial charge in [0.2, 0.25) is 0 Å². The van der Waals surface area contributed by atoms with Crippen molar-refractivity contribution in [2.45, 2.75) is 79.1 Å². The van der Waals surface area contributed by atoms with Crippen molar-refractivity contribution in [1.82, 2.24) is 15.1 Å². The van der Waals surface area contributed by atoms with Gasteiger partial charge in [-0.3, -0.25) is 29.0 Å². The second-order valence-corrected chi connectivity index (χ2v) is 9.47. The molecule has 228 valence electrons. The molecule has 0 saturated heterocycles. The SMILES string of the molecule is CCCCOC(=O)CN(CCNCCN(CC(=O)OCCCC)CC(=O)OCCCC)CC(=O)OCCCC. The smallest absolute Gasteiger partial charge is 0.320 e. The van der Waals surface area contributed by atoms with E-state index >= 15 is 0 Å². The van der Waals surface area contributed by atoms with Gasteiger partial charge in [0, 0.05) is 26.2 Å². The van der Waals surface area contributed by atoms with Crippen molar-refractivity contribution in [3.8, 4) is 0 Å². The zero-order valence-electron chi connectivity index (χ0n) is 24.8. The summed E-state index contributed by atoms with van der Waals surface area (Å²) in [5, 5.41) is 3.26. The van der Waals surface area contributed by atoms with Gasteiger partial charge in [0.25, 0.3) is 0 Å². The highest BCUT2D eigenvalue weighted by molar-refractivity contribution is 5.75. The standard InChI is InChI=1S/C28H53N3O8/c1-5-9-17-36-25(32)21-30(22-26(33)37-18-10-6-2)15-13-29-14-16-31(23-27(34)38-19-11-7-3)24-28(35)39-20-12-8-4/h29H,5-24H2,1-4H3. The van der Waals surface area contributed by atoms with Crippen molar-refractivity contribution in [3.05, 3.63) is 0 Å². The first-order chi connectivity index (χ1) is 18.9. The molecule has 0 bridgehead atoms. The van der Waals surface area contributed by atoms with Crippen LogP contribution in [0.2, 0.25) is 0 Å². The van der Waals surface area contributed by atoms with Crippen LogP contribution >= 0.6 is 0 Å². The number of rotatable bonds is 26. The molecule has 0 fully saturated rings. The highest BCUT2D eigenvalue weighted by atomic mass is 16.5. The summed E-state index contributed by atoms with van der Waals surface area (Å²) in [6, 6.07) is 0. The number of carbonyl (C=O) groups excluding carboxylic acids is 4. The Morgan fingerprint density at radius 1 is 0.487 bits per heavy atom. The third-order valence-electron chi connectivity index (χ3n) is 5.66. The molecule has 11 nitrogen and oxygen atoms in total. The van der Waals surface area contributed by atoms with Crippen LogP contribution in [-0.2, 0) is 38.1 Å². The first kappa shape index (κ1) is 36.8. The highest BCUT2D eigenvalue weighted by Crippen LogP contribution is 1.98. The van der Waals surface area contributed by atoms with Crippen molar-refractivity contribution in [3.63, 3.8) is 0 Å². The van der Waals surface area contributed by atoms with Crippen LogP contribution in [0.15, 0.2) is 0 Å². The summed E-state index contributed by atoms with van der Waals surface area (Å²) in [4.78, 5) is 52.2. The molecular formula is C28H53N3O8. The Bertz CT molecular complexity index is 561. The van der Waals surface area contributed by atoms with E-state index in [1.807, 2.05) is 27.7 Å². The number of carbonyl (C=O) groups is 4. The van der Waals surface area contributed by atoms with E-state index in [2.05, 4.69) is 5.32 Å². The minimum absolute atomic E-state index is 0.00635. The van der Waals surface area contributed by atoms with Crippen LogP contribution < -0.4 is 5.32 Å². The van der Waals surface area contributed by atoms with Gasteiger partial charge >= 0.3 is 23.9 Å². The van der Waals surface area contributed by atoms with Gasteiger partial charge in [-0.15, -0.1) is 0 Å². The fourth-order valence-corrected chi connectivity index (χ4v) is 3.26. The Kier molecular flexibility index (Phi) is 24.5. The van der Waals surface area contributed by atoms with E-state index in [-0.39, 0.29) is 50.1 Å². The summed E-state index contributed by atoms with van der Waals surface area (Å²) < 4.78 is 21.0. The number of unbranched alkanes of at least 4 members (excludes halogenated alkanes) is 4. The van der Waals surface area contributed by atoms with E-state index in [0.717, 1.165) is 51.4 Å². The zero-order valence-corrected chi connectivity index (χ0v) is 24.8. The van der Waals surface area contributed by atoms with Gasteiger partial charge in [0.05, 0.1) is 52.6 Å². The predicted molar refractivity (Wildman–Crippen MR) is 149 cm³/mol. The maximum Gasteiger partial charge on any atom is 0.320 e. The quantitative estimate of drug-likeness (QED) is 0.0955. The van der Waals surface area contributed by atoms with Gasteiger partial charge in [0.1, 0.15) is 0 Å². The van der Waals surface area contributed by atoms with Crippen LogP contribution in [0.25, 0.3) is 0 Å². The number of hydrogen-bond acceptors (Lipinski definition) is 11. The van der Waals surface area contributed by atoms with Gasteiger partial charge in [0.15, 0.2) is 0 Å². The minimum atomic E-state index is -0.376. The normalized spacial score (nSPS) is 11.0. The molecule has 0 aromatic rings. The molecule has 0 aliphatic heterocycles. The molecule has 0 heterocycles. The second-order valence-electron chi connectivity index (χ2n) is 9.47. The molecule has 0 atom stereocenters. The molecule has 0 unspecified atom stereocenters. The molecule has 0 amide bonds. The van der Waals surface area contributed by atoms with Crippen molar-refractivity contribution in [1.29, 1.82) is 0 Å². The average molecular weight is 560 g/mol. The summed E-state index contributed by atoms with van der Waals surface area (Å²) in [6.45, 7) is 11.3. The van der Waals surface area contributed by atoms with Crippen molar-refractivity contribution >= 4 is 23.9 Å². The number of nitrogens with zero attached hydrogens (tertiary/aromatic N) is 2. The fraction of sp³-hybridized carbons (Fsp3) is 0.857. The van der Waals surface area contributed by atoms with E-state index in [9.17, 15) is 19.2 Å². The van der Waals surface area contributed by atoms with Gasteiger partial charge in [-0.2, -0.15) is 0 Å². The van der Waals surface area contributed by atoms with Crippen LogP contribution in [0.1, 0.15) is 79.1 Å². The average Bonchev–Trinajstić information content (AvgIpc) is 2.89. The van der Waals surface area contributed by atoms with E-state index < -0.39 is 0 Å². The molecule has 1 N–H and O–H groups in total. The van der Waals surface area contributed by atoms with E-state index in [4.69, 9.17) is 18.9 Å². The van der Waals surface area contributed by atoms with Crippen LogP contribution in [0.5, 0.6) is 0 Å². The summed E-state index contributed by atoms with van der Waals surface area (Å²) in [7, 11) is 0. The van der Waals surface area contributed by atoms with Gasteiger partial charge in [-0.25, -0.2) is 0 Å². The van der Waals surface area contributed by atoms with Crippen LogP contribution in [0, 0.1) is 0 Å². The van der Waals surface area contributed by atoms with Crippen LogP contribution in [-0.4, -0.2) is 112 Å². The lowest BCUT2D eigenvalue weighted by molar-refractivity contribution is -0.150. The number of esters is 4. The van der Waals surface area contributed by atoms with E-state index in [1.165, 1.54) is 0 Å². The van der Waals surface area contributed by atoms with E-state index in [0.29, 0.717) is 52.6 Å². The van der Waals surface area contributed by atoms with Crippen LogP contribution in [0.4, 0.5) is 0 Å². The van der Waals surface area contributed by atoms with Gasteiger partial charge < -0.3 is 24.3 Å². The maximum absolute atomic E-state index is 12.2. The zero-order chi connectivity index (χ0) is 29.1. The maximum atomic E-state index is 12.2.